The second-order valence-corrected chi connectivity index (χ2v) is 7.98. The molecule has 3 heteroatoms. The summed E-state index contributed by atoms with van der Waals surface area (Å²) in [6.45, 7) is 1.32. The second-order valence-electron chi connectivity index (χ2n) is 7.98. The summed E-state index contributed by atoms with van der Waals surface area (Å²) in [6, 6.07) is 17.4. The maximum atomic E-state index is 12.8. The molecule has 134 valence electrons. The van der Waals surface area contributed by atoms with Crippen molar-refractivity contribution < 1.29 is 9.53 Å². The Bertz CT molecular complexity index is 777. The number of ether oxygens (including phenoxy) is 1. The molecule has 0 spiro atoms. The number of hydrogen-bond acceptors (Lipinski definition) is 2. The first-order valence-electron chi connectivity index (χ1n) is 9.93. The van der Waals surface area contributed by atoms with Crippen LogP contribution in [0.4, 0.5) is 4.79 Å². The summed E-state index contributed by atoms with van der Waals surface area (Å²) in [5.74, 6) is 0.840. The summed E-state index contributed by atoms with van der Waals surface area (Å²) in [6.07, 6.45) is 6.00. The zero-order valence-electron chi connectivity index (χ0n) is 15.1. The molecule has 2 saturated carbocycles. The minimum Gasteiger partial charge on any atom is -0.448 e. The number of carbonyl (C=O) groups excluding carboxylic acids is 1. The lowest BCUT2D eigenvalue weighted by Crippen LogP contribution is -2.39. The lowest BCUT2D eigenvalue weighted by molar-refractivity contribution is 0.0833. The molecule has 2 aromatic carbocycles. The third kappa shape index (κ3) is 2.80. The van der Waals surface area contributed by atoms with Gasteiger partial charge in [-0.05, 0) is 53.9 Å². The molecule has 0 unspecified atom stereocenters. The van der Waals surface area contributed by atoms with Crippen LogP contribution < -0.4 is 0 Å². The van der Waals surface area contributed by atoms with E-state index < -0.39 is 0 Å². The Balaban J connectivity index is 1.32. The topological polar surface area (TPSA) is 29.5 Å². The van der Waals surface area contributed by atoms with Gasteiger partial charge in [0.1, 0.15) is 6.61 Å². The zero-order valence-corrected chi connectivity index (χ0v) is 15.1. The molecule has 3 aliphatic rings. The van der Waals surface area contributed by atoms with Gasteiger partial charge >= 0.3 is 6.09 Å². The Kier molecular flexibility index (Phi) is 3.96. The zero-order chi connectivity index (χ0) is 17.5. The van der Waals surface area contributed by atoms with Crippen LogP contribution in [0.15, 0.2) is 48.5 Å². The lowest BCUT2D eigenvalue weighted by atomic mass is 9.85. The molecule has 5 rings (SSSR count). The van der Waals surface area contributed by atoms with Crippen LogP contribution in [0.25, 0.3) is 11.1 Å². The van der Waals surface area contributed by atoms with E-state index in [0.29, 0.717) is 18.6 Å². The predicted octanol–water partition coefficient (Wildman–Crippen LogP) is 5.20. The number of benzene rings is 2. The summed E-state index contributed by atoms with van der Waals surface area (Å²) < 4.78 is 5.86. The number of rotatable bonds is 5. The first-order chi connectivity index (χ1) is 12.8. The minimum absolute atomic E-state index is 0.110. The van der Waals surface area contributed by atoms with Crippen LogP contribution in [0, 0.1) is 5.92 Å². The molecule has 0 heterocycles. The van der Waals surface area contributed by atoms with Gasteiger partial charge in [0, 0.05) is 18.5 Å². The number of amides is 1. The Morgan fingerprint density at radius 1 is 0.923 bits per heavy atom. The van der Waals surface area contributed by atoms with Gasteiger partial charge in [-0.25, -0.2) is 4.79 Å². The van der Waals surface area contributed by atoms with Crippen molar-refractivity contribution in [2.24, 2.45) is 5.92 Å². The van der Waals surface area contributed by atoms with Gasteiger partial charge in [-0.15, -0.1) is 0 Å². The Morgan fingerprint density at radius 2 is 1.54 bits per heavy atom. The molecule has 0 saturated heterocycles. The first-order valence-corrected chi connectivity index (χ1v) is 9.93. The fourth-order valence-corrected chi connectivity index (χ4v) is 4.39. The average Bonchev–Trinajstić information content (AvgIpc) is 3.42. The van der Waals surface area contributed by atoms with E-state index in [1.165, 1.54) is 41.5 Å². The monoisotopic (exact) mass is 347 g/mol. The van der Waals surface area contributed by atoms with Crippen LogP contribution in [-0.4, -0.2) is 30.2 Å². The first kappa shape index (κ1) is 15.9. The Labute approximate surface area is 155 Å². The number of fused-ring (bicyclic) bond motifs is 3. The second kappa shape index (κ2) is 6.46. The molecule has 0 atom stereocenters. The predicted molar refractivity (Wildman–Crippen MR) is 102 cm³/mol. The fraction of sp³-hybridized carbons (Fsp3) is 0.435. The van der Waals surface area contributed by atoms with Gasteiger partial charge in [0.15, 0.2) is 0 Å². The number of hydrogen-bond donors (Lipinski definition) is 0. The molecule has 26 heavy (non-hydrogen) atoms. The van der Waals surface area contributed by atoms with Crippen molar-refractivity contribution in [3.05, 3.63) is 59.7 Å². The van der Waals surface area contributed by atoms with E-state index >= 15 is 0 Å². The highest BCUT2D eigenvalue weighted by atomic mass is 16.6. The van der Waals surface area contributed by atoms with Gasteiger partial charge in [0.05, 0.1) is 0 Å². The fourth-order valence-electron chi connectivity index (χ4n) is 4.39. The van der Waals surface area contributed by atoms with Crippen LogP contribution in [0.2, 0.25) is 0 Å². The van der Waals surface area contributed by atoms with Gasteiger partial charge in [-0.2, -0.15) is 0 Å². The largest absolute Gasteiger partial charge is 0.448 e. The molecule has 0 aromatic heterocycles. The lowest BCUT2D eigenvalue weighted by Gasteiger charge is -2.32. The van der Waals surface area contributed by atoms with E-state index in [1.54, 1.807) is 0 Å². The number of carbonyl (C=O) groups is 1. The minimum atomic E-state index is -0.110. The van der Waals surface area contributed by atoms with Crippen molar-refractivity contribution in [3.63, 3.8) is 0 Å². The molecule has 0 bridgehead atoms. The third-order valence-electron chi connectivity index (χ3n) is 6.24. The molecule has 3 aliphatic carbocycles. The molecule has 0 N–H and O–H groups in total. The molecule has 0 radical (unpaired) electrons. The smallest absolute Gasteiger partial charge is 0.410 e. The highest BCUT2D eigenvalue weighted by molar-refractivity contribution is 5.79. The van der Waals surface area contributed by atoms with Crippen LogP contribution in [0.3, 0.4) is 0 Å². The summed E-state index contributed by atoms with van der Waals surface area (Å²) in [5.41, 5.74) is 5.10. The van der Waals surface area contributed by atoms with E-state index in [4.69, 9.17) is 4.74 Å². The van der Waals surface area contributed by atoms with Crippen molar-refractivity contribution in [3.8, 4) is 11.1 Å². The Hall–Kier alpha value is -2.29. The van der Waals surface area contributed by atoms with E-state index in [-0.39, 0.29) is 12.0 Å². The average molecular weight is 347 g/mol. The van der Waals surface area contributed by atoms with Crippen LogP contribution >= 0.6 is 0 Å². The quantitative estimate of drug-likeness (QED) is 0.744. The highest BCUT2D eigenvalue weighted by Crippen LogP contribution is 2.44. The van der Waals surface area contributed by atoms with Crippen LogP contribution in [0.1, 0.15) is 49.1 Å². The normalized spacial score (nSPS) is 18.8. The molecule has 2 aromatic rings. The van der Waals surface area contributed by atoms with Gasteiger partial charge in [-0.3, -0.25) is 0 Å². The van der Waals surface area contributed by atoms with E-state index in [2.05, 4.69) is 48.5 Å². The molecular formula is C23H25NO2. The summed E-state index contributed by atoms with van der Waals surface area (Å²) >= 11 is 0. The van der Waals surface area contributed by atoms with Crippen molar-refractivity contribution in [2.45, 2.75) is 44.1 Å². The van der Waals surface area contributed by atoms with Crippen molar-refractivity contribution in [1.82, 2.24) is 4.90 Å². The summed E-state index contributed by atoms with van der Waals surface area (Å²) in [5, 5.41) is 0. The maximum absolute atomic E-state index is 12.8. The summed E-state index contributed by atoms with van der Waals surface area (Å²) in [7, 11) is 0. The molecule has 1 amide bonds. The maximum Gasteiger partial charge on any atom is 0.410 e. The van der Waals surface area contributed by atoms with Gasteiger partial charge < -0.3 is 9.64 Å². The molecule has 3 nitrogen and oxygen atoms in total. The van der Waals surface area contributed by atoms with Gasteiger partial charge in [-0.1, -0.05) is 55.0 Å². The van der Waals surface area contributed by atoms with E-state index in [9.17, 15) is 4.79 Å². The Morgan fingerprint density at radius 3 is 2.08 bits per heavy atom. The van der Waals surface area contributed by atoms with Crippen molar-refractivity contribution in [2.75, 3.05) is 13.2 Å². The van der Waals surface area contributed by atoms with Crippen LogP contribution in [0.5, 0.6) is 0 Å². The summed E-state index contributed by atoms with van der Waals surface area (Å²) in [4.78, 5) is 14.8. The molecule has 2 fully saturated rings. The van der Waals surface area contributed by atoms with Crippen molar-refractivity contribution >= 4 is 6.09 Å². The molecule has 0 aliphatic heterocycles. The standard InChI is InChI=1S/C23H25NO2/c25-23(24(17-12-13-17)14-16-6-5-7-16)26-15-22-20-10-3-1-8-18(20)19-9-2-4-11-21(19)22/h1-4,8-11,16-17,22H,5-7,12-15H2. The van der Waals surface area contributed by atoms with Gasteiger partial charge in [0.25, 0.3) is 0 Å². The van der Waals surface area contributed by atoms with Crippen LogP contribution in [-0.2, 0) is 4.74 Å². The van der Waals surface area contributed by atoms with Crippen molar-refractivity contribution in [1.29, 1.82) is 0 Å². The molecular weight excluding hydrogens is 322 g/mol. The van der Waals surface area contributed by atoms with E-state index in [0.717, 1.165) is 19.4 Å². The SMILES string of the molecule is O=C(OCC1c2ccccc2-c2ccccc21)N(CC1CCC1)C1CC1. The van der Waals surface area contributed by atoms with E-state index in [1.807, 2.05) is 4.90 Å². The highest BCUT2D eigenvalue weighted by Gasteiger charge is 2.37. The third-order valence-corrected chi connectivity index (χ3v) is 6.24. The van der Waals surface area contributed by atoms with Gasteiger partial charge in [0.2, 0.25) is 0 Å². The number of nitrogens with zero attached hydrogens (tertiary/aromatic N) is 1.